The van der Waals surface area contributed by atoms with Gasteiger partial charge < -0.3 is 15.0 Å². The molecule has 1 N–H and O–H groups in total. The van der Waals surface area contributed by atoms with Gasteiger partial charge in [0.2, 0.25) is 21.8 Å². The average Bonchev–Trinajstić information content (AvgIpc) is 2.85. The van der Waals surface area contributed by atoms with Gasteiger partial charge in [0.15, 0.2) is 0 Å². The molecule has 0 heterocycles. The second-order valence-corrected chi connectivity index (χ2v) is 11.4. The molecule has 2 aromatic carbocycles. The van der Waals surface area contributed by atoms with Gasteiger partial charge in [-0.05, 0) is 44.4 Å². The van der Waals surface area contributed by atoms with Crippen molar-refractivity contribution < 1.29 is 22.7 Å². The fraction of sp³-hybridized carbons (Fsp3) is 0.481. The standard InChI is InChI=1S/C27H37N3O5S/c1-20-10-8-11-22(16-20)18-29(21(2)27(32)28-23-12-6-5-7-13-23)26(31)19-30(36(4,33)34)24-14-9-15-25(17-24)35-3/h8-11,14-17,21,23H,5-7,12-13,18-19H2,1-4H3,(H,28,32)/t21-/m1/s1. The van der Waals surface area contributed by atoms with E-state index in [0.717, 1.165) is 47.4 Å². The first-order valence-corrected chi connectivity index (χ1v) is 14.2. The van der Waals surface area contributed by atoms with E-state index in [1.54, 1.807) is 31.2 Å². The van der Waals surface area contributed by atoms with Crippen molar-refractivity contribution in [3.63, 3.8) is 0 Å². The van der Waals surface area contributed by atoms with E-state index in [4.69, 9.17) is 4.74 Å². The van der Waals surface area contributed by atoms with Gasteiger partial charge >= 0.3 is 0 Å². The minimum atomic E-state index is -3.79. The summed E-state index contributed by atoms with van der Waals surface area (Å²) < 4.78 is 31.7. The third kappa shape index (κ3) is 7.46. The molecular formula is C27H37N3O5S. The Morgan fingerprint density at radius 2 is 1.78 bits per heavy atom. The maximum atomic E-state index is 13.7. The lowest BCUT2D eigenvalue weighted by Crippen LogP contribution is -2.52. The zero-order chi connectivity index (χ0) is 26.3. The van der Waals surface area contributed by atoms with Crippen molar-refractivity contribution in [1.82, 2.24) is 10.2 Å². The molecule has 1 fully saturated rings. The monoisotopic (exact) mass is 515 g/mol. The van der Waals surface area contributed by atoms with Gasteiger partial charge in [0.25, 0.3) is 0 Å². The van der Waals surface area contributed by atoms with Crippen molar-refractivity contribution in [3.8, 4) is 5.75 Å². The average molecular weight is 516 g/mol. The van der Waals surface area contributed by atoms with E-state index in [2.05, 4.69) is 5.32 Å². The number of hydrogen-bond donors (Lipinski definition) is 1. The number of aryl methyl sites for hydroxylation is 1. The SMILES string of the molecule is COc1cccc(N(CC(=O)N(Cc2cccc(C)c2)[C@H](C)C(=O)NC2CCCCC2)S(C)(=O)=O)c1. The summed E-state index contributed by atoms with van der Waals surface area (Å²) >= 11 is 0. The number of rotatable bonds is 10. The molecule has 3 rings (SSSR count). The van der Waals surface area contributed by atoms with Gasteiger partial charge in [-0.1, -0.05) is 55.2 Å². The molecule has 1 saturated carbocycles. The topological polar surface area (TPSA) is 96.0 Å². The minimum absolute atomic E-state index is 0.105. The van der Waals surface area contributed by atoms with Crippen molar-refractivity contribution in [3.05, 3.63) is 59.7 Å². The van der Waals surface area contributed by atoms with Gasteiger partial charge in [-0.15, -0.1) is 0 Å². The van der Waals surface area contributed by atoms with Crippen LogP contribution in [-0.4, -0.2) is 57.1 Å². The zero-order valence-corrected chi connectivity index (χ0v) is 22.4. The van der Waals surface area contributed by atoms with Gasteiger partial charge in [-0.25, -0.2) is 8.42 Å². The Balaban J connectivity index is 1.88. The first-order chi connectivity index (χ1) is 17.1. The third-order valence-corrected chi connectivity index (χ3v) is 7.72. The number of nitrogens with zero attached hydrogens (tertiary/aromatic N) is 2. The largest absolute Gasteiger partial charge is 0.497 e. The summed E-state index contributed by atoms with van der Waals surface area (Å²) in [5.74, 6) is -0.211. The molecule has 0 bridgehead atoms. The van der Waals surface area contributed by atoms with E-state index >= 15 is 0 Å². The van der Waals surface area contributed by atoms with Gasteiger partial charge in [0.05, 0.1) is 19.1 Å². The Morgan fingerprint density at radius 1 is 1.08 bits per heavy atom. The van der Waals surface area contributed by atoms with E-state index in [9.17, 15) is 18.0 Å². The quantitative estimate of drug-likeness (QED) is 0.521. The van der Waals surface area contributed by atoms with Crippen LogP contribution in [0.5, 0.6) is 5.75 Å². The number of benzene rings is 2. The Kier molecular flexibility index (Phi) is 9.37. The van der Waals surface area contributed by atoms with Crippen LogP contribution in [0.3, 0.4) is 0 Å². The molecule has 0 spiro atoms. The van der Waals surface area contributed by atoms with Crippen LogP contribution in [-0.2, 0) is 26.2 Å². The fourth-order valence-corrected chi connectivity index (χ4v) is 5.38. The van der Waals surface area contributed by atoms with E-state index in [1.165, 1.54) is 18.4 Å². The Bertz CT molecular complexity index is 1160. The normalized spacial score (nSPS) is 15.1. The van der Waals surface area contributed by atoms with Crippen LogP contribution in [0.15, 0.2) is 48.5 Å². The molecular weight excluding hydrogens is 478 g/mol. The molecule has 1 aliphatic carbocycles. The van der Waals surface area contributed by atoms with Crippen molar-refractivity contribution in [2.45, 2.75) is 64.6 Å². The number of sulfonamides is 1. The number of nitrogens with one attached hydrogen (secondary N) is 1. The number of anilines is 1. The van der Waals surface area contributed by atoms with E-state index in [-0.39, 0.29) is 18.5 Å². The summed E-state index contributed by atoms with van der Waals surface area (Å²) in [6.45, 7) is 3.42. The summed E-state index contributed by atoms with van der Waals surface area (Å²) in [4.78, 5) is 28.3. The molecule has 1 atom stereocenters. The highest BCUT2D eigenvalue weighted by Gasteiger charge is 2.31. The first kappa shape index (κ1) is 27.5. The van der Waals surface area contributed by atoms with Crippen LogP contribution in [0.25, 0.3) is 0 Å². The van der Waals surface area contributed by atoms with Crippen LogP contribution >= 0.6 is 0 Å². The highest BCUT2D eigenvalue weighted by atomic mass is 32.2. The Hall–Kier alpha value is -3.07. The molecule has 2 aromatic rings. The van der Waals surface area contributed by atoms with Crippen molar-refractivity contribution in [2.75, 3.05) is 24.2 Å². The van der Waals surface area contributed by atoms with E-state index in [1.807, 2.05) is 31.2 Å². The summed E-state index contributed by atoms with van der Waals surface area (Å²) in [5.41, 5.74) is 2.22. The Morgan fingerprint density at radius 3 is 2.42 bits per heavy atom. The highest BCUT2D eigenvalue weighted by Crippen LogP contribution is 2.24. The summed E-state index contributed by atoms with van der Waals surface area (Å²) in [7, 11) is -2.30. The lowest BCUT2D eigenvalue weighted by Gasteiger charge is -2.33. The van der Waals surface area contributed by atoms with Crippen molar-refractivity contribution >= 4 is 27.5 Å². The molecule has 8 nitrogen and oxygen atoms in total. The smallest absolute Gasteiger partial charge is 0.244 e. The Labute approximate surface area is 214 Å². The number of carbonyl (C=O) groups excluding carboxylic acids is 2. The first-order valence-electron chi connectivity index (χ1n) is 12.4. The third-order valence-electron chi connectivity index (χ3n) is 6.57. The molecule has 0 aliphatic heterocycles. The van der Waals surface area contributed by atoms with Crippen LogP contribution in [0, 0.1) is 6.92 Å². The van der Waals surface area contributed by atoms with Gasteiger partial charge in [0, 0.05) is 18.7 Å². The summed E-state index contributed by atoms with van der Waals surface area (Å²) in [5, 5.41) is 3.10. The van der Waals surface area contributed by atoms with Crippen LogP contribution in [0.4, 0.5) is 5.69 Å². The summed E-state index contributed by atoms with van der Waals surface area (Å²) in [6.07, 6.45) is 6.25. The van der Waals surface area contributed by atoms with Crippen LogP contribution in [0.1, 0.15) is 50.2 Å². The fourth-order valence-electron chi connectivity index (χ4n) is 4.54. The number of hydrogen-bond acceptors (Lipinski definition) is 5. The van der Waals surface area contributed by atoms with Crippen LogP contribution < -0.4 is 14.4 Å². The van der Waals surface area contributed by atoms with Crippen molar-refractivity contribution in [2.24, 2.45) is 0 Å². The second-order valence-electron chi connectivity index (χ2n) is 9.50. The summed E-state index contributed by atoms with van der Waals surface area (Å²) in [6, 6.07) is 13.6. The lowest BCUT2D eigenvalue weighted by molar-refractivity contribution is -0.139. The molecule has 196 valence electrons. The maximum Gasteiger partial charge on any atom is 0.244 e. The molecule has 36 heavy (non-hydrogen) atoms. The van der Waals surface area contributed by atoms with E-state index < -0.39 is 28.5 Å². The molecule has 0 aromatic heterocycles. The molecule has 1 aliphatic rings. The predicted octanol–water partition coefficient (Wildman–Crippen LogP) is 3.64. The van der Waals surface area contributed by atoms with Crippen LogP contribution in [0.2, 0.25) is 0 Å². The molecule has 0 radical (unpaired) electrons. The number of carbonyl (C=O) groups is 2. The highest BCUT2D eigenvalue weighted by molar-refractivity contribution is 7.92. The van der Waals surface area contributed by atoms with E-state index in [0.29, 0.717) is 11.4 Å². The predicted molar refractivity (Wildman–Crippen MR) is 141 cm³/mol. The molecule has 0 saturated heterocycles. The number of amides is 2. The zero-order valence-electron chi connectivity index (χ0n) is 21.6. The molecule has 0 unspecified atom stereocenters. The van der Waals surface area contributed by atoms with Gasteiger partial charge in [-0.2, -0.15) is 0 Å². The molecule has 2 amide bonds. The maximum absolute atomic E-state index is 13.7. The minimum Gasteiger partial charge on any atom is -0.497 e. The van der Waals surface area contributed by atoms with Crippen molar-refractivity contribution in [1.29, 1.82) is 0 Å². The van der Waals surface area contributed by atoms with Gasteiger partial charge in [0.1, 0.15) is 18.3 Å². The number of methoxy groups -OCH3 is 1. The molecule has 9 heteroatoms. The van der Waals surface area contributed by atoms with Gasteiger partial charge in [-0.3, -0.25) is 13.9 Å². The second kappa shape index (κ2) is 12.3. The lowest BCUT2D eigenvalue weighted by atomic mass is 9.95. The number of ether oxygens (including phenoxy) is 1.